The predicted molar refractivity (Wildman–Crippen MR) is 79.9 cm³/mol. The highest BCUT2D eigenvalue weighted by molar-refractivity contribution is 9.09. The second kappa shape index (κ2) is 6.47. The summed E-state index contributed by atoms with van der Waals surface area (Å²) in [6, 6.07) is 7.95. The van der Waals surface area contributed by atoms with Crippen molar-refractivity contribution >= 4 is 27.5 Å². The molecule has 1 fully saturated rings. The van der Waals surface area contributed by atoms with Crippen LogP contribution in [0.15, 0.2) is 24.3 Å². The van der Waals surface area contributed by atoms with Gasteiger partial charge in [0.1, 0.15) is 5.78 Å². The van der Waals surface area contributed by atoms with E-state index in [1.165, 1.54) is 5.56 Å². The van der Waals surface area contributed by atoms with Crippen molar-refractivity contribution in [2.24, 2.45) is 5.92 Å². The Morgan fingerprint density at radius 2 is 1.68 bits per heavy atom. The quantitative estimate of drug-likeness (QED) is 0.617. The standard InChI is InChI=1S/C16H19BrO2/c1-11(18)12-2-4-13(5-3-12)14-6-8-15(9-7-14)16(19)10-17/h6-9,12-13H,2-5,10H2,1H3. The molecule has 1 aromatic carbocycles. The Labute approximate surface area is 122 Å². The Balaban J connectivity index is 2.00. The molecule has 1 aliphatic carbocycles. The lowest BCUT2D eigenvalue weighted by Crippen LogP contribution is -2.18. The molecule has 1 aliphatic rings. The van der Waals surface area contributed by atoms with Crippen molar-refractivity contribution in [2.45, 2.75) is 38.5 Å². The summed E-state index contributed by atoms with van der Waals surface area (Å²) in [7, 11) is 0. The number of alkyl halides is 1. The highest BCUT2D eigenvalue weighted by Crippen LogP contribution is 2.36. The molecular formula is C16H19BrO2. The number of carbonyl (C=O) groups is 2. The van der Waals surface area contributed by atoms with Crippen LogP contribution in [-0.2, 0) is 4.79 Å². The van der Waals surface area contributed by atoms with E-state index < -0.39 is 0 Å². The van der Waals surface area contributed by atoms with Gasteiger partial charge in [0.25, 0.3) is 0 Å². The van der Waals surface area contributed by atoms with Crippen LogP contribution in [-0.4, -0.2) is 16.9 Å². The smallest absolute Gasteiger partial charge is 0.173 e. The summed E-state index contributed by atoms with van der Waals surface area (Å²) in [5.41, 5.74) is 2.06. The molecule has 0 saturated heterocycles. The maximum Gasteiger partial charge on any atom is 0.173 e. The second-order valence-electron chi connectivity index (χ2n) is 5.34. The van der Waals surface area contributed by atoms with Gasteiger partial charge in [-0.05, 0) is 44.1 Å². The Bertz CT molecular complexity index is 456. The summed E-state index contributed by atoms with van der Waals surface area (Å²) < 4.78 is 0. The molecule has 0 N–H and O–H groups in total. The zero-order valence-electron chi connectivity index (χ0n) is 11.2. The van der Waals surface area contributed by atoms with Gasteiger partial charge in [-0.2, -0.15) is 0 Å². The molecule has 0 spiro atoms. The monoisotopic (exact) mass is 322 g/mol. The minimum atomic E-state index is 0.117. The van der Waals surface area contributed by atoms with E-state index in [4.69, 9.17) is 0 Å². The highest BCUT2D eigenvalue weighted by atomic mass is 79.9. The summed E-state index contributed by atoms with van der Waals surface area (Å²) in [6.07, 6.45) is 4.16. The lowest BCUT2D eigenvalue weighted by atomic mass is 9.77. The summed E-state index contributed by atoms with van der Waals surface area (Å²) in [4.78, 5) is 22.9. The SMILES string of the molecule is CC(=O)C1CCC(c2ccc(C(=O)CBr)cc2)CC1. The zero-order valence-corrected chi connectivity index (χ0v) is 12.8. The lowest BCUT2D eigenvalue weighted by Gasteiger charge is -2.27. The first-order valence-corrected chi connectivity index (χ1v) is 7.93. The maximum absolute atomic E-state index is 11.5. The fourth-order valence-electron chi connectivity index (χ4n) is 2.85. The van der Waals surface area contributed by atoms with Crippen LogP contribution in [0.3, 0.4) is 0 Å². The van der Waals surface area contributed by atoms with Gasteiger partial charge in [-0.15, -0.1) is 0 Å². The Morgan fingerprint density at radius 3 is 2.16 bits per heavy atom. The Kier molecular flexibility index (Phi) is 4.92. The molecule has 2 rings (SSSR count). The molecule has 19 heavy (non-hydrogen) atoms. The number of hydrogen-bond donors (Lipinski definition) is 0. The largest absolute Gasteiger partial charge is 0.300 e. The van der Waals surface area contributed by atoms with E-state index in [0.29, 0.717) is 17.0 Å². The molecule has 0 heterocycles. The van der Waals surface area contributed by atoms with Gasteiger partial charge in [0, 0.05) is 11.5 Å². The third-order valence-corrected chi connectivity index (χ3v) is 4.64. The number of hydrogen-bond acceptors (Lipinski definition) is 2. The number of rotatable bonds is 4. The van der Waals surface area contributed by atoms with Crippen LogP contribution in [0.25, 0.3) is 0 Å². The molecule has 0 radical (unpaired) electrons. The van der Waals surface area contributed by atoms with Crippen LogP contribution in [0, 0.1) is 5.92 Å². The van der Waals surface area contributed by atoms with Crippen LogP contribution in [0.5, 0.6) is 0 Å². The van der Waals surface area contributed by atoms with Crippen molar-refractivity contribution in [3.8, 4) is 0 Å². The van der Waals surface area contributed by atoms with Crippen molar-refractivity contribution in [3.05, 3.63) is 35.4 Å². The predicted octanol–water partition coefficient (Wildman–Crippen LogP) is 4.13. The van der Waals surface area contributed by atoms with Gasteiger partial charge >= 0.3 is 0 Å². The van der Waals surface area contributed by atoms with Gasteiger partial charge < -0.3 is 0 Å². The van der Waals surface area contributed by atoms with Gasteiger partial charge in [-0.3, -0.25) is 9.59 Å². The first-order valence-electron chi connectivity index (χ1n) is 6.81. The fraction of sp³-hybridized carbons (Fsp3) is 0.500. The van der Waals surface area contributed by atoms with E-state index in [-0.39, 0.29) is 11.7 Å². The minimum Gasteiger partial charge on any atom is -0.300 e. The van der Waals surface area contributed by atoms with E-state index in [0.717, 1.165) is 31.2 Å². The summed E-state index contributed by atoms with van der Waals surface area (Å²) >= 11 is 3.19. The molecule has 2 nitrogen and oxygen atoms in total. The molecule has 0 bridgehead atoms. The van der Waals surface area contributed by atoms with Gasteiger partial charge in [0.05, 0.1) is 5.33 Å². The van der Waals surface area contributed by atoms with Crippen LogP contribution in [0.2, 0.25) is 0 Å². The van der Waals surface area contributed by atoms with Gasteiger partial charge in [-0.1, -0.05) is 40.2 Å². The molecule has 102 valence electrons. The molecular weight excluding hydrogens is 304 g/mol. The minimum absolute atomic E-state index is 0.117. The van der Waals surface area contributed by atoms with Gasteiger partial charge in [0.15, 0.2) is 5.78 Å². The Hall–Kier alpha value is -0.960. The normalized spacial score (nSPS) is 23.1. The number of Topliss-reactive ketones (excluding diaryl/α,β-unsaturated/α-hetero) is 2. The first-order chi connectivity index (χ1) is 9.11. The van der Waals surface area contributed by atoms with Crippen LogP contribution < -0.4 is 0 Å². The molecule has 0 amide bonds. The highest BCUT2D eigenvalue weighted by Gasteiger charge is 2.24. The van der Waals surface area contributed by atoms with Crippen molar-refractivity contribution in [1.29, 1.82) is 0 Å². The molecule has 1 saturated carbocycles. The van der Waals surface area contributed by atoms with Crippen molar-refractivity contribution < 1.29 is 9.59 Å². The van der Waals surface area contributed by atoms with Crippen LogP contribution in [0.4, 0.5) is 0 Å². The third kappa shape index (κ3) is 3.53. The summed E-state index contributed by atoms with van der Waals surface area (Å²) in [5.74, 6) is 1.26. The second-order valence-corrected chi connectivity index (χ2v) is 5.90. The molecule has 0 aliphatic heterocycles. The van der Waals surface area contributed by atoms with E-state index in [1.54, 1.807) is 6.92 Å². The zero-order chi connectivity index (χ0) is 13.8. The number of carbonyl (C=O) groups excluding carboxylic acids is 2. The molecule has 1 aromatic rings. The maximum atomic E-state index is 11.5. The Morgan fingerprint density at radius 1 is 1.11 bits per heavy atom. The molecule has 3 heteroatoms. The van der Waals surface area contributed by atoms with Gasteiger partial charge in [-0.25, -0.2) is 0 Å². The molecule has 0 unspecified atom stereocenters. The molecule has 0 aromatic heterocycles. The fourth-order valence-corrected chi connectivity index (χ4v) is 3.18. The summed E-state index contributed by atoms with van der Waals surface area (Å²) in [5, 5.41) is 0.371. The van der Waals surface area contributed by atoms with Crippen molar-refractivity contribution in [2.75, 3.05) is 5.33 Å². The van der Waals surface area contributed by atoms with Crippen LogP contribution >= 0.6 is 15.9 Å². The first kappa shape index (κ1) is 14.4. The van der Waals surface area contributed by atoms with E-state index in [9.17, 15) is 9.59 Å². The molecule has 0 atom stereocenters. The average Bonchev–Trinajstić information content (AvgIpc) is 2.46. The topological polar surface area (TPSA) is 34.1 Å². The van der Waals surface area contributed by atoms with Crippen LogP contribution in [0.1, 0.15) is 54.4 Å². The summed E-state index contributed by atoms with van der Waals surface area (Å²) in [6.45, 7) is 1.70. The van der Waals surface area contributed by atoms with E-state index in [2.05, 4.69) is 28.1 Å². The van der Waals surface area contributed by atoms with Gasteiger partial charge in [0.2, 0.25) is 0 Å². The number of ketones is 2. The van der Waals surface area contributed by atoms with Crippen molar-refractivity contribution in [3.63, 3.8) is 0 Å². The van der Waals surface area contributed by atoms with Crippen molar-refractivity contribution in [1.82, 2.24) is 0 Å². The third-order valence-electron chi connectivity index (χ3n) is 4.13. The van der Waals surface area contributed by atoms with E-state index in [1.807, 2.05) is 12.1 Å². The number of benzene rings is 1. The number of halogens is 1. The lowest BCUT2D eigenvalue weighted by molar-refractivity contribution is -0.121. The van der Waals surface area contributed by atoms with E-state index >= 15 is 0 Å². The average molecular weight is 323 g/mol.